The number of aromatic hydroxyl groups is 4. The minimum absolute atomic E-state index is 0.0330. The van der Waals surface area contributed by atoms with Crippen molar-refractivity contribution in [3.8, 4) is 23.0 Å². The van der Waals surface area contributed by atoms with E-state index in [1.807, 2.05) is 222 Å². The highest BCUT2D eigenvalue weighted by atomic mass is 16.6. The number of carbonyl (C=O) groups excluding carboxylic acids is 8. The van der Waals surface area contributed by atoms with Crippen LogP contribution in [0.1, 0.15) is 476 Å². The summed E-state index contributed by atoms with van der Waals surface area (Å²) in [5.74, 6) is 3.59. The van der Waals surface area contributed by atoms with Crippen LogP contribution in [0.3, 0.4) is 0 Å². The van der Waals surface area contributed by atoms with Gasteiger partial charge in [-0.15, -0.1) is 0 Å². The van der Waals surface area contributed by atoms with Crippen molar-refractivity contribution in [1.29, 1.82) is 0 Å². The predicted octanol–water partition coefficient (Wildman–Crippen LogP) is 29.3. The smallest absolute Gasteiger partial charge is 0.312 e. The molecule has 20 nitrogen and oxygen atoms in total. The first-order valence-electron chi connectivity index (χ1n) is 52.7. The van der Waals surface area contributed by atoms with Gasteiger partial charge in [-0.1, -0.05) is 111 Å². The highest BCUT2D eigenvalue weighted by molar-refractivity contribution is 5.80. The molecule has 4 N–H and O–H groups in total. The summed E-state index contributed by atoms with van der Waals surface area (Å²) in [6.07, 6.45) is 34.1. The van der Waals surface area contributed by atoms with E-state index in [2.05, 4.69) is 27.7 Å². The molecule has 0 aromatic heterocycles. The van der Waals surface area contributed by atoms with Crippen molar-refractivity contribution in [1.82, 2.24) is 0 Å². The second-order valence-electron chi connectivity index (χ2n) is 47.4. The van der Waals surface area contributed by atoms with Gasteiger partial charge in [0.1, 0.15) is 69.8 Å². The number of aryl methyl sites for hydroxylation is 1. The molecule has 6 saturated carbocycles. The summed E-state index contributed by atoms with van der Waals surface area (Å²) in [5.41, 5.74) is 3.82. The first-order chi connectivity index (χ1) is 63.7. The monoisotopic (exact) mass is 1910 g/mol. The van der Waals surface area contributed by atoms with Crippen molar-refractivity contribution in [2.75, 3.05) is 0 Å². The van der Waals surface area contributed by atoms with E-state index in [0.717, 1.165) is 217 Å². The molecule has 4 unspecified atom stereocenters. The van der Waals surface area contributed by atoms with Gasteiger partial charge in [0, 0.05) is 16.7 Å². The zero-order chi connectivity index (χ0) is 103. The fraction of sp³-hybridized carbons (Fsp3) is 0.726. The Kier molecular flexibility index (Phi) is 42.9. The fourth-order valence-corrected chi connectivity index (χ4v) is 18.8. The van der Waals surface area contributed by atoms with E-state index in [1.54, 1.807) is 30.3 Å². The zero-order valence-electron chi connectivity index (χ0n) is 90.6. The summed E-state index contributed by atoms with van der Waals surface area (Å²) in [6, 6.07) is 21.7. The zero-order valence-corrected chi connectivity index (χ0v) is 90.6. The normalized spacial score (nSPS) is 22.2. The molecule has 14 rings (SSSR count). The molecule has 0 aliphatic heterocycles. The Morgan fingerprint density at radius 3 is 0.876 bits per heavy atom. The number of carbonyl (C=O) groups is 8. The van der Waals surface area contributed by atoms with Gasteiger partial charge in [-0.2, -0.15) is 0 Å². The van der Waals surface area contributed by atoms with Gasteiger partial charge in [-0.05, 0) is 446 Å². The maximum absolute atomic E-state index is 12.6. The van der Waals surface area contributed by atoms with Crippen LogP contribution in [0.25, 0.3) is 0 Å². The van der Waals surface area contributed by atoms with E-state index in [0.29, 0.717) is 29.1 Å². The van der Waals surface area contributed by atoms with Gasteiger partial charge in [-0.25, -0.2) is 0 Å². The van der Waals surface area contributed by atoms with Crippen LogP contribution in [0.5, 0.6) is 23.0 Å². The molecule has 0 heterocycles. The molecular formula is C117H184O20. The first-order valence-corrected chi connectivity index (χ1v) is 52.7. The molecule has 772 valence electrons. The Labute approximate surface area is 826 Å². The topological polar surface area (TPSA) is 291 Å². The summed E-state index contributed by atoms with van der Waals surface area (Å²) < 4.78 is 45.6. The third-order valence-electron chi connectivity index (χ3n) is 32.2. The standard InChI is InChI=1S/C18H30O2.4C16H22O3.C13H24O2.C12H22O2.C10H20O2/c1-5-17(3,4)16(19)20-18(6-2)14-8-12-7-13(10-14)11-15(18)9-12;3*1-4-16(2,3)15(18)19-14-10-6-7-11-12(14)8-5-9-13(11)17;1-4-16(2,3)15(18)19-14-7-5-6-11-10-12(17)8-9-13(11)14;1-5-12(2,3)11(14)15-13(4)9-7-6-8-10-13;1-5-11(2,3)10(13)14-12(4)8-6-7-9-12;1-7-10(5,6)8(11)12-9(2,3)4/h12-15H,5-11H2,1-4H3;3*5,8-9,14,17H,4,6-7,10H2,1-3H3;8-10,14,17H,4-7H2,1-3H3;5-10H2,1-4H3;5-9H2,1-4H3;7H2,1-6H3. The maximum Gasteiger partial charge on any atom is 0.312 e. The Bertz CT molecular complexity index is 4340. The van der Waals surface area contributed by atoms with Gasteiger partial charge >= 0.3 is 47.8 Å². The van der Waals surface area contributed by atoms with Crippen molar-refractivity contribution in [2.24, 2.45) is 67.0 Å². The summed E-state index contributed by atoms with van der Waals surface area (Å²) in [7, 11) is 0. The minimum atomic E-state index is -0.450. The molecule has 4 aromatic carbocycles. The Balaban J connectivity index is 0.000000242. The summed E-state index contributed by atoms with van der Waals surface area (Å²) in [4.78, 5) is 96.6. The second kappa shape index (κ2) is 50.0. The molecule has 4 bridgehead atoms. The van der Waals surface area contributed by atoms with Crippen molar-refractivity contribution in [3.05, 3.63) is 117 Å². The van der Waals surface area contributed by atoms with Gasteiger partial charge in [-0.3, -0.25) is 38.4 Å². The highest BCUT2D eigenvalue weighted by Gasteiger charge is 2.59. The number of rotatable bonds is 24. The summed E-state index contributed by atoms with van der Waals surface area (Å²) >= 11 is 0. The molecule has 0 saturated heterocycles. The van der Waals surface area contributed by atoms with Crippen LogP contribution in [-0.2, 0) is 102 Å². The molecule has 20 heteroatoms. The van der Waals surface area contributed by atoms with E-state index < -0.39 is 21.7 Å². The molecule has 4 aromatic rings. The van der Waals surface area contributed by atoms with Crippen molar-refractivity contribution in [3.63, 3.8) is 0 Å². The number of fused-ring (bicyclic) bond motifs is 4. The van der Waals surface area contributed by atoms with Crippen LogP contribution in [0, 0.1) is 67.0 Å². The third-order valence-corrected chi connectivity index (χ3v) is 32.2. The van der Waals surface area contributed by atoms with Gasteiger partial charge in [0.25, 0.3) is 0 Å². The number of esters is 8. The number of benzene rings is 4. The van der Waals surface area contributed by atoms with E-state index in [-0.39, 0.29) is 122 Å². The summed E-state index contributed by atoms with van der Waals surface area (Å²) in [5, 5.41) is 39.1. The van der Waals surface area contributed by atoms with Gasteiger partial charge in [0.05, 0.1) is 43.3 Å². The van der Waals surface area contributed by atoms with E-state index in [1.165, 1.54) is 64.2 Å². The lowest BCUT2D eigenvalue weighted by molar-refractivity contribution is -0.218. The number of hydrogen-bond acceptors (Lipinski definition) is 20. The highest BCUT2D eigenvalue weighted by Crippen LogP contribution is 2.61. The average molecular weight is 1910 g/mol. The van der Waals surface area contributed by atoms with Crippen molar-refractivity contribution >= 4 is 47.8 Å². The van der Waals surface area contributed by atoms with Crippen LogP contribution in [0.15, 0.2) is 72.8 Å². The quantitative estimate of drug-likeness (QED) is 0.0374. The van der Waals surface area contributed by atoms with Crippen molar-refractivity contribution in [2.45, 2.75) is 479 Å². The molecule has 137 heavy (non-hydrogen) atoms. The Hall–Kier alpha value is -8.16. The molecule has 6 fully saturated rings. The largest absolute Gasteiger partial charge is 0.508 e. The number of hydrogen-bond donors (Lipinski definition) is 4. The van der Waals surface area contributed by atoms with Crippen LogP contribution >= 0.6 is 0 Å². The predicted molar refractivity (Wildman–Crippen MR) is 545 cm³/mol. The van der Waals surface area contributed by atoms with E-state index >= 15 is 0 Å². The SMILES string of the molecule is CCC(C)(C)C(=O)OC(C)(C)C.CCC(C)(C)C(=O)OC1(C)CCCC1.CCC(C)(C)C(=O)OC1(C)CCCCC1.CCC(C)(C)C(=O)OC1(CC)C2CC3CC(C2)CC1C3.CCC(C)(C)C(=O)OC1CCCc2c(O)cccc21.CCC(C)(C)C(=O)OC1CCCc2c(O)cccc21.CCC(C)(C)C(=O)OC1CCCc2c(O)cccc21.CCC(C)(C)C(=O)OC1CCCc2cc(O)ccc21. The van der Waals surface area contributed by atoms with E-state index in [4.69, 9.17) is 37.9 Å². The molecule has 0 radical (unpaired) electrons. The fourth-order valence-electron chi connectivity index (χ4n) is 18.8. The van der Waals surface area contributed by atoms with Crippen LogP contribution in [0.4, 0.5) is 0 Å². The molecule has 10 aliphatic carbocycles. The molecule has 4 atom stereocenters. The van der Waals surface area contributed by atoms with Crippen LogP contribution in [0.2, 0.25) is 0 Å². The number of phenolic OH excluding ortho intramolecular Hbond substituents is 4. The summed E-state index contributed by atoms with van der Waals surface area (Å²) in [6.45, 7) is 59.0. The van der Waals surface area contributed by atoms with Crippen LogP contribution < -0.4 is 0 Å². The number of ether oxygens (including phenoxy) is 8. The average Bonchev–Trinajstić information content (AvgIpc) is 0.891. The minimum Gasteiger partial charge on any atom is -0.508 e. The lowest BCUT2D eigenvalue weighted by Crippen LogP contribution is -2.60. The Morgan fingerprint density at radius 1 is 0.314 bits per heavy atom. The van der Waals surface area contributed by atoms with Crippen LogP contribution in [-0.4, -0.2) is 90.6 Å². The second-order valence-corrected chi connectivity index (χ2v) is 47.4. The van der Waals surface area contributed by atoms with Crippen molar-refractivity contribution < 1.29 is 96.7 Å². The maximum atomic E-state index is 12.6. The Morgan fingerprint density at radius 2 is 0.584 bits per heavy atom. The molecule has 0 spiro atoms. The van der Waals surface area contributed by atoms with Gasteiger partial charge < -0.3 is 58.3 Å². The first kappa shape index (κ1) is 118. The number of phenols is 4. The third kappa shape index (κ3) is 32.7. The van der Waals surface area contributed by atoms with Gasteiger partial charge in [0.2, 0.25) is 0 Å². The molecule has 10 aliphatic rings. The lowest BCUT2D eigenvalue weighted by Gasteiger charge is -2.60. The van der Waals surface area contributed by atoms with E-state index in [9.17, 15) is 58.8 Å². The van der Waals surface area contributed by atoms with Gasteiger partial charge in [0.15, 0.2) is 0 Å². The lowest BCUT2D eigenvalue weighted by atomic mass is 9.49. The molecule has 0 amide bonds. The molecular weight excluding hydrogens is 1730 g/mol.